The van der Waals surface area contributed by atoms with Crippen LogP contribution in [0, 0.1) is 0 Å². The van der Waals surface area contributed by atoms with Crippen LogP contribution >= 0.6 is 0 Å². The topological polar surface area (TPSA) is 75.7 Å². The van der Waals surface area contributed by atoms with Gasteiger partial charge in [0.05, 0.1) is 16.6 Å². The molecule has 0 aromatic heterocycles. The van der Waals surface area contributed by atoms with Gasteiger partial charge in [-0.25, -0.2) is 8.42 Å². The number of anilines is 1. The predicted octanol–water partition coefficient (Wildman–Crippen LogP) is 6.11. The van der Waals surface area contributed by atoms with Crippen LogP contribution in [0.2, 0.25) is 0 Å². The van der Waals surface area contributed by atoms with Crippen LogP contribution in [0.5, 0.6) is 11.5 Å². The summed E-state index contributed by atoms with van der Waals surface area (Å²) in [6.07, 6.45) is 0.933. The highest BCUT2D eigenvalue weighted by Gasteiger charge is 2.27. The third-order valence-corrected chi connectivity index (χ3v) is 7.78. The first-order valence-corrected chi connectivity index (χ1v) is 13.6. The van der Waals surface area contributed by atoms with Crippen molar-refractivity contribution in [2.45, 2.75) is 31.2 Å². The van der Waals surface area contributed by atoms with Gasteiger partial charge in [-0.05, 0) is 73.0 Å². The summed E-state index contributed by atoms with van der Waals surface area (Å²) in [5, 5.41) is 2.93. The van der Waals surface area contributed by atoms with E-state index in [1.165, 1.54) is 17.7 Å². The molecule has 190 valence electrons. The molecule has 0 saturated carbocycles. The largest absolute Gasteiger partial charge is 0.457 e. The second-order valence-electron chi connectivity index (χ2n) is 8.62. The van der Waals surface area contributed by atoms with Crippen molar-refractivity contribution in [3.63, 3.8) is 0 Å². The van der Waals surface area contributed by atoms with Gasteiger partial charge in [0, 0.05) is 0 Å². The average molecular weight is 515 g/mol. The molecular weight excluding hydrogens is 484 g/mol. The fraction of sp³-hybridized carbons (Fsp3) is 0.167. The number of amides is 1. The molecule has 0 heterocycles. The van der Waals surface area contributed by atoms with Gasteiger partial charge in [0.15, 0.2) is 0 Å². The van der Waals surface area contributed by atoms with Crippen LogP contribution in [-0.2, 0) is 21.2 Å². The van der Waals surface area contributed by atoms with Gasteiger partial charge in [0.1, 0.15) is 18.0 Å². The second-order valence-corrected chi connectivity index (χ2v) is 10.5. The van der Waals surface area contributed by atoms with Crippen molar-refractivity contribution in [1.82, 2.24) is 5.32 Å². The maximum atomic E-state index is 13.6. The lowest BCUT2D eigenvalue weighted by atomic mass is 10.1. The van der Waals surface area contributed by atoms with E-state index in [2.05, 4.69) is 12.2 Å². The van der Waals surface area contributed by atoms with E-state index in [4.69, 9.17) is 4.74 Å². The zero-order chi connectivity index (χ0) is 26.3. The van der Waals surface area contributed by atoms with Gasteiger partial charge in [0.2, 0.25) is 5.91 Å². The standard InChI is InChI=1S/C30H30N2O4S/c1-3-24-14-16-25(17-15-24)23(2)31-30(33)22-32(37(34,35)29-12-8-5-9-13-29)26-18-20-28(21-19-26)36-27-10-6-4-7-11-27/h4-21,23H,3,22H2,1-2H3,(H,31,33)/t23-/m0/s1. The Morgan fingerprint density at radius 1 is 0.811 bits per heavy atom. The number of ether oxygens (including phenoxy) is 1. The first-order chi connectivity index (χ1) is 17.9. The van der Waals surface area contributed by atoms with E-state index < -0.39 is 15.9 Å². The highest BCUT2D eigenvalue weighted by Crippen LogP contribution is 2.28. The fourth-order valence-electron chi connectivity index (χ4n) is 3.88. The van der Waals surface area contributed by atoms with E-state index in [0.29, 0.717) is 17.2 Å². The number of carbonyl (C=O) groups is 1. The Bertz CT molecular complexity index is 1410. The molecule has 0 bridgehead atoms. The summed E-state index contributed by atoms with van der Waals surface area (Å²) in [6.45, 7) is 3.60. The normalized spacial score (nSPS) is 11.9. The lowest BCUT2D eigenvalue weighted by Crippen LogP contribution is -2.41. The summed E-state index contributed by atoms with van der Waals surface area (Å²) in [5.74, 6) is 0.821. The molecule has 0 radical (unpaired) electrons. The van der Waals surface area contributed by atoms with Crippen LogP contribution in [0.15, 0.2) is 114 Å². The Hall–Kier alpha value is -4.10. The summed E-state index contributed by atoms with van der Waals surface area (Å²) in [5.41, 5.74) is 2.52. The molecule has 0 aliphatic heterocycles. The van der Waals surface area contributed by atoms with Gasteiger partial charge >= 0.3 is 0 Å². The number of nitrogens with one attached hydrogen (secondary N) is 1. The Morgan fingerprint density at radius 3 is 1.97 bits per heavy atom. The summed E-state index contributed by atoms with van der Waals surface area (Å²) in [6, 6.07) is 31.8. The van der Waals surface area contributed by atoms with Crippen LogP contribution in [0.1, 0.15) is 31.0 Å². The van der Waals surface area contributed by atoms with E-state index in [0.717, 1.165) is 16.3 Å². The summed E-state index contributed by atoms with van der Waals surface area (Å²) >= 11 is 0. The van der Waals surface area contributed by atoms with Gasteiger partial charge in [-0.3, -0.25) is 9.10 Å². The number of rotatable bonds is 10. The molecule has 0 saturated heterocycles. The highest BCUT2D eigenvalue weighted by molar-refractivity contribution is 7.92. The number of carbonyl (C=O) groups excluding carboxylic acids is 1. The number of nitrogens with zero attached hydrogens (tertiary/aromatic N) is 1. The molecule has 0 unspecified atom stereocenters. The molecule has 7 heteroatoms. The molecule has 0 aliphatic rings. The quantitative estimate of drug-likeness (QED) is 0.277. The number of sulfonamides is 1. The molecule has 0 spiro atoms. The molecule has 4 rings (SSSR count). The molecule has 0 aliphatic carbocycles. The Morgan fingerprint density at radius 2 is 1.38 bits per heavy atom. The van der Waals surface area contributed by atoms with E-state index in [9.17, 15) is 13.2 Å². The highest BCUT2D eigenvalue weighted by atomic mass is 32.2. The lowest BCUT2D eigenvalue weighted by Gasteiger charge is -2.25. The molecule has 37 heavy (non-hydrogen) atoms. The van der Waals surface area contributed by atoms with Crippen molar-refractivity contribution in [3.8, 4) is 11.5 Å². The Labute approximate surface area is 218 Å². The van der Waals surface area contributed by atoms with Gasteiger partial charge in [0.25, 0.3) is 10.0 Å². The second kappa shape index (κ2) is 11.8. The first kappa shape index (κ1) is 26.0. The molecule has 4 aromatic carbocycles. The van der Waals surface area contributed by atoms with Crippen LogP contribution in [0.4, 0.5) is 5.69 Å². The molecule has 4 aromatic rings. The van der Waals surface area contributed by atoms with Gasteiger partial charge in [-0.15, -0.1) is 0 Å². The van der Waals surface area contributed by atoms with Crippen molar-refractivity contribution in [1.29, 1.82) is 0 Å². The van der Waals surface area contributed by atoms with Crippen LogP contribution < -0.4 is 14.4 Å². The maximum Gasteiger partial charge on any atom is 0.264 e. The number of aryl methyl sites for hydroxylation is 1. The minimum absolute atomic E-state index is 0.107. The van der Waals surface area contributed by atoms with Crippen molar-refractivity contribution in [2.75, 3.05) is 10.8 Å². The van der Waals surface area contributed by atoms with E-state index in [1.807, 2.05) is 61.5 Å². The first-order valence-electron chi connectivity index (χ1n) is 12.2. The van der Waals surface area contributed by atoms with Crippen molar-refractivity contribution >= 4 is 21.6 Å². The summed E-state index contributed by atoms with van der Waals surface area (Å²) in [4.78, 5) is 13.2. The van der Waals surface area contributed by atoms with Gasteiger partial charge < -0.3 is 10.1 Å². The van der Waals surface area contributed by atoms with Crippen molar-refractivity contribution < 1.29 is 17.9 Å². The third-order valence-electron chi connectivity index (χ3n) is 5.99. The van der Waals surface area contributed by atoms with Gasteiger partial charge in [-0.1, -0.05) is 67.6 Å². The molecule has 1 N–H and O–H groups in total. The zero-order valence-electron chi connectivity index (χ0n) is 20.9. The van der Waals surface area contributed by atoms with E-state index in [-0.39, 0.29) is 17.5 Å². The molecule has 1 atom stereocenters. The molecule has 6 nitrogen and oxygen atoms in total. The van der Waals surface area contributed by atoms with E-state index >= 15 is 0 Å². The Balaban J connectivity index is 1.56. The minimum Gasteiger partial charge on any atom is -0.457 e. The number of benzene rings is 4. The molecule has 0 fully saturated rings. The summed E-state index contributed by atoms with van der Waals surface area (Å²) in [7, 11) is -4.00. The molecule has 1 amide bonds. The zero-order valence-corrected chi connectivity index (χ0v) is 21.7. The summed E-state index contributed by atoms with van der Waals surface area (Å²) < 4.78 is 34.1. The minimum atomic E-state index is -4.00. The van der Waals surface area contributed by atoms with Gasteiger partial charge in [-0.2, -0.15) is 0 Å². The van der Waals surface area contributed by atoms with Crippen LogP contribution in [-0.4, -0.2) is 20.9 Å². The smallest absolute Gasteiger partial charge is 0.264 e. The average Bonchev–Trinajstić information content (AvgIpc) is 2.93. The van der Waals surface area contributed by atoms with Crippen molar-refractivity contribution in [3.05, 3.63) is 120 Å². The fourth-order valence-corrected chi connectivity index (χ4v) is 5.32. The predicted molar refractivity (Wildman–Crippen MR) is 146 cm³/mol. The SMILES string of the molecule is CCc1ccc([C@H](C)NC(=O)CN(c2ccc(Oc3ccccc3)cc2)S(=O)(=O)c2ccccc2)cc1. The Kier molecular flexibility index (Phi) is 8.25. The van der Waals surface area contributed by atoms with Crippen LogP contribution in [0.25, 0.3) is 0 Å². The van der Waals surface area contributed by atoms with Crippen LogP contribution in [0.3, 0.4) is 0 Å². The maximum absolute atomic E-state index is 13.6. The molecular formula is C30H30N2O4S. The number of para-hydroxylation sites is 1. The number of hydrogen-bond donors (Lipinski definition) is 1. The third kappa shape index (κ3) is 6.57. The van der Waals surface area contributed by atoms with E-state index in [1.54, 1.807) is 42.5 Å². The monoisotopic (exact) mass is 514 g/mol. The lowest BCUT2D eigenvalue weighted by molar-refractivity contribution is -0.120. The van der Waals surface area contributed by atoms with Crippen molar-refractivity contribution in [2.24, 2.45) is 0 Å². The number of hydrogen-bond acceptors (Lipinski definition) is 4.